The standard InChI is InChI=1S/C10H8ClF2N4O2/c11-6-1-7-9-15-17(12,13)4-16(9)3-14-10(7)8(2-6)18-5-19-10/h1-3,15H,4-5H2/q+1. The fraction of sp³-hybridized carbons (Fsp3) is 0.300. The summed E-state index contributed by atoms with van der Waals surface area (Å²) in [5, 5.41) is -1.98. The topological polar surface area (TPSA) is 46.1 Å². The number of quaternary nitrogens is 1. The maximum atomic E-state index is 13.4. The molecule has 0 saturated carbocycles. The van der Waals surface area contributed by atoms with Crippen LogP contribution in [0.2, 0.25) is 0 Å². The Morgan fingerprint density at radius 3 is 3.16 bits per heavy atom. The van der Waals surface area contributed by atoms with Crippen LogP contribution in [0.15, 0.2) is 39.3 Å². The van der Waals surface area contributed by atoms with Crippen molar-refractivity contribution in [3.05, 3.63) is 34.3 Å². The Kier molecular flexibility index (Phi) is 1.93. The highest BCUT2D eigenvalue weighted by molar-refractivity contribution is 6.31. The highest BCUT2D eigenvalue weighted by Gasteiger charge is 2.55. The summed E-state index contributed by atoms with van der Waals surface area (Å²) >= 11 is 5.99. The van der Waals surface area contributed by atoms with Gasteiger partial charge in [-0.05, 0) is 6.08 Å². The van der Waals surface area contributed by atoms with Gasteiger partial charge in [0, 0.05) is 11.1 Å². The average Bonchev–Trinajstić information content (AvgIpc) is 2.86. The van der Waals surface area contributed by atoms with Gasteiger partial charge in [0.2, 0.25) is 0 Å². The van der Waals surface area contributed by atoms with Gasteiger partial charge in [-0.2, -0.15) is 0 Å². The van der Waals surface area contributed by atoms with Crippen LogP contribution in [0.5, 0.6) is 0 Å². The number of rotatable bonds is 0. The fourth-order valence-corrected chi connectivity index (χ4v) is 2.68. The molecule has 1 N–H and O–H groups in total. The van der Waals surface area contributed by atoms with Crippen LogP contribution in [0.3, 0.4) is 0 Å². The van der Waals surface area contributed by atoms with Gasteiger partial charge in [-0.15, -0.1) is 5.43 Å². The lowest BCUT2D eigenvalue weighted by atomic mass is 9.95. The van der Waals surface area contributed by atoms with Gasteiger partial charge in [0.15, 0.2) is 23.4 Å². The number of nitrogens with one attached hydrogen (secondary N) is 1. The Morgan fingerprint density at radius 1 is 1.47 bits per heavy atom. The molecule has 0 radical (unpaired) electrons. The van der Waals surface area contributed by atoms with E-state index in [1.807, 2.05) is 0 Å². The zero-order valence-corrected chi connectivity index (χ0v) is 10.2. The summed E-state index contributed by atoms with van der Waals surface area (Å²) in [5.74, 6) is 0.622. The Balaban J connectivity index is 1.92. The van der Waals surface area contributed by atoms with Crippen LogP contribution in [0.4, 0.5) is 8.96 Å². The third-order valence-corrected chi connectivity index (χ3v) is 3.47. The minimum atomic E-state index is -2.35. The molecule has 100 valence electrons. The molecule has 1 unspecified atom stereocenters. The predicted octanol–water partition coefficient (Wildman–Crippen LogP) is 1.32. The second-order valence-electron chi connectivity index (χ2n) is 4.45. The Hall–Kier alpha value is -1.64. The lowest BCUT2D eigenvalue weighted by Crippen LogP contribution is -2.41. The molecular weight excluding hydrogens is 282 g/mol. The first-order chi connectivity index (χ1) is 9.00. The summed E-state index contributed by atoms with van der Waals surface area (Å²) in [4.78, 5) is 5.54. The molecule has 1 aliphatic carbocycles. The first-order valence-electron chi connectivity index (χ1n) is 5.49. The van der Waals surface area contributed by atoms with Gasteiger partial charge in [-0.3, -0.25) is 4.90 Å². The molecule has 0 aromatic heterocycles. The van der Waals surface area contributed by atoms with Crippen molar-refractivity contribution in [2.45, 2.75) is 5.72 Å². The van der Waals surface area contributed by atoms with Crippen LogP contribution in [0.25, 0.3) is 0 Å². The molecule has 4 aliphatic rings. The lowest BCUT2D eigenvalue weighted by Gasteiger charge is -2.31. The summed E-state index contributed by atoms with van der Waals surface area (Å²) in [6.07, 6.45) is 4.45. The molecule has 0 aromatic rings. The molecule has 1 atom stereocenters. The van der Waals surface area contributed by atoms with Crippen LogP contribution in [0, 0.1) is 0 Å². The number of halogens is 3. The molecule has 4 rings (SSSR count). The second kappa shape index (κ2) is 3.27. The number of hydrogen-bond donors (Lipinski definition) is 1. The predicted molar refractivity (Wildman–Crippen MR) is 59.6 cm³/mol. The van der Waals surface area contributed by atoms with E-state index in [-0.39, 0.29) is 12.6 Å². The number of nitrogens with zero attached hydrogens (tertiary/aromatic N) is 3. The summed E-state index contributed by atoms with van der Waals surface area (Å²) < 4.78 is 37.6. The van der Waals surface area contributed by atoms with Crippen molar-refractivity contribution in [2.24, 2.45) is 4.99 Å². The van der Waals surface area contributed by atoms with Crippen molar-refractivity contribution in [3.63, 3.8) is 0 Å². The molecule has 9 heteroatoms. The van der Waals surface area contributed by atoms with E-state index in [4.69, 9.17) is 21.1 Å². The van der Waals surface area contributed by atoms with Crippen molar-refractivity contribution >= 4 is 17.9 Å². The molecule has 3 aliphatic heterocycles. The van der Waals surface area contributed by atoms with E-state index in [0.29, 0.717) is 16.4 Å². The summed E-state index contributed by atoms with van der Waals surface area (Å²) in [6, 6.07) is 0. The van der Waals surface area contributed by atoms with Gasteiger partial charge in [-0.25, -0.2) is 4.99 Å². The number of hydrogen-bond acceptors (Lipinski definition) is 5. The minimum absolute atomic E-state index is 0.00319. The molecule has 2 fully saturated rings. The maximum Gasteiger partial charge on any atom is 0.263 e. The first-order valence-corrected chi connectivity index (χ1v) is 5.86. The average molecular weight is 290 g/mol. The van der Waals surface area contributed by atoms with Crippen LogP contribution < -0.4 is 5.43 Å². The number of aliphatic imine (C=N–C) groups is 1. The van der Waals surface area contributed by atoms with Gasteiger partial charge < -0.3 is 9.47 Å². The highest BCUT2D eigenvalue weighted by Crippen LogP contribution is 2.46. The quantitative estimate of drug-likeness (QED) is 0.683. The van der Waals surface area contributed by atoms with E-state index in [2.05, 4.69) is 10.4 Å². The zero-order chi connectivity index (χ0) is 13.3. The fourth-order valence-electron chi connectivity index (χ4n) is 2.48. The van der Waals surface area contributed by atoms with E-state index in [0.717, 1.165) is 0 Å². The van der Waals surface area contributed by atoms with Crippen molar-refractivity contribution < 1.29 is 23.5 Å². The number of ether oxygens (including phenoxy) is 2. The molecule has 6 nitrogen and oxygen atoms in total. The molecule has 3 heterocycles. The van der Waals surface area contributed by atoms with E-state index < -0.39 is 17.4 Å². The van der Waals surface area contributed by atoms with Crippen LogP contribution >= 0.6 is 11.6 Å². The summed E-state index contributed by atoms with van der Waals surface area (Å²) in [6.45, 7) is -0.535. The maximum absolute atomic E-state index is 13.4. The second-order valence-corrected chi connectivity index (χ2v) is 4.88. The molecule has 19 heavy (non-hydrogen) atoms. The van der Waals surface area contributed by atoms with Gasteiger partial charge in [-0.1, -0.05) is 11.6 Å². The van der Waals surface area contributed by atoms with E-state index in [9.17, 15) is 8.96 Å². The Bertz CT molecular complexity index is 600. The number of fused-ring (bicyclic) bond motifs is 1. The zero-order valence-electron chi connectivity index (χ0n) is 9.44. The van der Waals surface area contributed by atoms with Gasteiger partial charge >= 0.3 is 0 Å². The Morgan fingerprint density at radius 2 is 2.32 bits per heavy atom. The van der Waals surface area contributed by atoms with Crippen molar-refractivity contribution in [1.29, 1.82) is 0 Å². The van der Waals surface area contributed by atoms with Crippen molar-refractivity contribution in [2.75, 3.05) is 13.5 Å². The molecule has 1 spiro atoms. The molecular formula is C10H8ClF2N4O2+. The van der Waals surface area contributed by atoms with E-state index in [1.54, 1.807) is 12.2 Å². The van der Waals surface area contributed by atoms with Gasteiger partial charge in [0.05, 0.1) is 14.5 Å². The van der Waals surface area contributed by atoms with E-state index in [1.165, 1.54) is 11.2 Å². The normalized spacial score (nSPS) is 33.9. The summed E-state index contributed by atoms with van der Waals surface area (Å²) in [5.41, 5.74) is 1.34. The third kappa shape index (κ3) is 1.38. The van der Waals surface area contributed by atoms with Crippen LogP contribution in [0.1, 0.15) is 0 Å². The largest absolute Gasteiger partial charge is 0.466 e. The lowest BCUT2D eigenvalue weighted by molar-refractivity contribution is -1.19. The van der Waals surface area contributed by atoms with Crippen molar-refractivity contribution in [3.8, 4) is 0 Å². The number of allylic oxidation sites excluding steroid dienone is 2. The molecule has 0 amide bonds. The molecule has 2 saturated heterocycles. The SMILES string of the molecule is F[N+]1(F)CN2C=NC34OCOC3=CC(Cl)=CC4=C2N1. The smallest absolute Gasteiger partial charge is 0.263 e. The first kappa shape index (κ1) is 11.2. The van der Waals surface area contributed by atoms with E-state index >= 15 is 0 Å². The van der Waals surface area contributed by atoms with Crippen molar-refractivity contribution in [1.82, 2.24) is 10.3 Å². The molecule has 0 aromatic carbocycles. The highest BCUT2D eigenvalue weighted by atomic mass is 35.5. The molecule has 0 bridgehead atoms. The van der Waals surface area contributed by atoms with Crippen LogP contribution in [-0.2, 0) is 9.47 Å². The van der Waals surface area contributed by atoms with Gasteiger partial charge in [0.25, 0.3) is 12.4 Å². The van der Waals surface area contributed by atoms with Crippen LogP contribution in [-0.4, -0.2) is 35.5 Å². The third-order valence-electron chi connectivity index (χ3n) is 3.25. The van der Waals surface area contributed by atoms with Gasteiger partial charge in [0.1, 0.15) is 6.34 Å². The Labute approximate surface area is 111 Å². The monoisotopic (exact) mass is 289 g/mol. The summed E-state index contributed by atoms with van der Waals surface area (Å²) in [7, 11) is 0. The minimum Gasteiger partial charge on any atom is -0.466 e.